The summed E-state index contributed by atoms with van der Waals surface area (Å²) in [5, 5.41) is 27.1. The minimum absolute atomic E-state index is 0.128. The minimum atomic E-state index is -0.518. The highest BCUT2D eigenvalue weighted by Crippen LogP contribution is 2.23. The average Bonchev–Trinajstić information content (AvgIpc) is 3.17. The van der Waals surface area contributed by atoms with Gasteiger partial charge in [0.15, 0.2) is 0 Å². The predicted molar refractivity (Wildman–Crippen MR) is 112 cm³/mol. The number of aryl methyl sites for hydroxylation is 1. The molecule has 3 rings (SSSR count). The lowest BCUT2D eigenvalue weighted by molar-refractivity contribution is 0.249. The Hall–Kier alpha value is -3.92. The zero-order valence-corrected chi connectivity index (χ0v) is 16.6. The van der Waals surface area contributed by atoms with Crippen molar-refractivity contribution >= 4 is 23.4 Å². The molecule has 0 unspecified atom stereocenters. The van der Waals surface area contributed by atoms with Gasteiger partial charge in [-0.05, 0) is 11.6 Å². The van der Waals surface area contributed by atoms with Gasteiger partial charge in [0.1, 0.15) is 5.82 Å². The van der Waals surface area contributed by atoms with Gasteiger partial charge in [-0.15, -0.1) is 0 Å². The molecule has 30 heavy (non-hydrogen) atoms. The number of carbonyl (C=O) groups is 1. The number of nitrogens with one attached hydrogen (secondary N) is 3. The van der Waals surface area contributed by atoms with Crippen molar-refractivity contribution in [3.05, 3.63) is 71.2 Å². The maximum atomic E-state index is 12.7. The van der Waals surface area contributed by atoms with E-state index in [-0.39, 0.29) is 28.7 Å². The monoisotopic (exact) mass is 409 g/mol. The number of benzene rings is 1. The van der Waals surface area contributed by atoms with Crippen LogP contribution in [0, 0.1) is 5.41 Å². The largest absolute Gasteiger partial charge is 0.481 e. The van der Waals surface area contributed by atoms with Crippen LogP contribution in [0.25, 0.3) is 0 Å². The molecule has 2 aromatic heterocycles. The van der Waals surface area contributed by atoms with Gasteiger partial charge in [-0.2, -0.15) is 5.10 Å². The Balaban J connectivity index is 1.85. The van der Waals surface area contributed by atoms with Gasteiger partial charge in [-0.25, -0.2) is 9.78 Å². The number of anilines is 2. The lowest BCUT2D eigenvalue weighted by Gasteiger charge is -2.20. The first-order valence-electron chi connectivity index (χ1n) is 9.08. The molecule has 6 N–H and O–H groups in total. The second-order valence-electron chi connectivity index (χ2n) is 6.43. The van der Waals surface area contributed by atoms with Gasteiger partial charge in [0.05, 0.1) is 36.7 Å². The summed E-state index contributed by atoms with van der Waals surface area (Å²) >= 11 is 0. The molecule has 0 bridgehead atoms. The predicted octanol–water partition coefficient (Wildman–Crippen LogP) is 1.77. The first-order valence-corrected chi connectivity index (χ1v) is 9.08. The number of aromatic nitrogens is 3. The average molecular weight is 409 g/mol. The lowest BCUT2D eigenvalue weighted by atomic mass is 10.0. The summed E-state index contributed by atoms with van der Waals surface area (Å²) < 4.78 is 6.56. The number of nitrogens with two attached hydrogens (primary N) is 1. The van der Waals surface area contributed by atoms with Crippen LogP contribution in [0.15, 0.2) is 48.7 Å². The van der Waals surface area contributed by atoms with Gasteiger partial charge < -0.3 is 20.9 Å². The zero-order valence-electron chi connectivity index (χ0n) is 16.6. The molecule has 1 atom stereocenters. The first-order chi connectivity index (χ1) is 14.4. The van der Waals surface area contributed by atoms with Gasteiger partial charge in [-0.3, -0.25) is 15.4 Å². The van der Waals surface area contributed by atoms with Gasteiger partial charge in [0.2, 0.25) is 5.90 Å². The van der Waals surface area contributed by atoms with E-state index in [1.54, 1.807) is 17.9 Å². The van der Waals surface area contributed by atoms with E-state index in [2.05, 4.69) is 20.7 Å². The molecule has 0 spiro atoms. The molecule has 10 heteroatoms. The molecule has 0 fully saturated rings. The van der Waals surface area contributed by atoms with Crippen LogP contribution in [0.2, 0.25) is 0 Å². The second-order valence-corrected chi connectivity index (χ2v) is 6.43. The SMILES string of the molecule is COC(=N)c1c(N)cc(NC(=O)N[C@@H](c2ccccc2)c2ccnn2C)nc1CO. The van der Waals surface area contributed by atoms with E-state index in [1.165, 1.54) is 13.2 Å². The Labute approximate surface area is 173 Å². The van der Waals surface area contributed by atoms with E-state index >= 15 is 0 Å². The van der Waals surface area contributed by atoms with Crippen LogP contribution in [-0.2, 0) is 18.4 Å². The molecule has 0 saturated heterocycles. The maximum Gasteiger partial charge on any atom is 0.321 e. The summed E-state index contributed by atoms with van der Waals surface area (Å²) in [6.07, 6.45) is 1.66. The molecule has 0 aliphatic carbocycles. The van der Waals surface area contributed by atoms with Crippen LogP contribution >= 0.6 is 0 Å². The summed E-state index contributed by atoms with van der Waals surface area (Å²) in [6, 6.07) is 11.7. The summed E-state index contributed by atoms with van der Waals surface area (Å²) in [5.41, 5.74) is 8.12. The number of hydrogen-bond acceptors (Lipinski definition) is 7. The number of ether oxygens (including phenoxy) is 1. The summed E-state index contributed by atoms with van der Waals surface area (Å²) in [4.78, 5) is 16.9. The number of pyridine rings is 1. The molecule has 2 amide bonds. The van der Waals surface area contributed by atoms with E-state index in [0.29, 0.717) is 0 Å². The number of urea groups is 1. The number of aliphatic hydroxyl groups is 1. The fraction of sp³-hybridized carbons (Fsp3) is 0.200. The fourth-order valence-electron chi connectivity index (χ4n) is 3.09. The fourth-order valence-corrected chi connectivity index (χ4v) is 3.09. The number of aliphatic hydroxyl groups excluding tert-OH is 1. The third-order valence-corrected chi connectivity index (χ3v) is 4.51. The van der Waals surface area contributed by atoms with Crippen LogP contribution in [0.3, 0.4) is 0 Å². The van der Waals surface area contributed by atoms with Crippen LogP contribution in [-0.4, -0.2) is 38.9 Å². The van der Waals surface area contributed by atoms with Crippen LogP contribution in [0.5, 0.6) is 0 Å². The maximum absolute atomic E-state index is 12.7. The molecular weight excluding hydrogens is 386 g/mol. The highest BCUT2D eigenvalue weighted by molar-refractivity contribution is 5.99. The van der Waals surface area contributed by atoms with Gasteiger partial charge in [0, 0.05) is 25.0 Å². The Morgan fingerprint density at radius 2 is 2.07 bits per heavy atom. The molecule has 0 saturated carbocycles. The van der Waals surface area contributed by atoms with Crippen molar-refractivity contribution < 1.29 is 14.6 Å². The lowest BCUT2D eigenvalue weighted by Crippen LogP contribution is -2.34. The van der Waals surface area contributed by atoms with Crippen LogP contribution < -0.4 is 16.4 Å². The van der Waals surface area contributed by atoms with E-state index in [4.69, 9.17) is 15.9 Å². The second kappa shape index (κ2) is 9.05. The number of nitrogens with zero attached hydrogens (tertiary/aromatic N) is 3. The van der Waals surface area contributed by atoms with Crippen molar-refractivity contribution in [1.29, 1.82) is 5.41 Å². The Bertz CT molecular complexity index is 1050. The number of hydrogen-bond donors (Lipinski definition) is 5. The van der Waals surface area contributed by atoms with Crippen molar-refractivity contribution in [3.8, 4) is 0 Å². The van der Waals surface area contributed by atoms with Gasteiger partial charge in [0.25, 0.3) is 0 Å². The third-order valence-electron chi connectivity index (χ3n) is 4.51. The van der Waals surface area contributed by atoms with Crippen LogP contribution in [0.4, 0.5) is 16.3 Å². The Morgan fingerprint density at radius 3 is 2.67 bits per heavy atom. The number of methoxy groups -OCH3 is 1. The highest BCUT2D eigenvalue weighted by Gasteiger charge is 2.21. The summed E-state index contributed by atoms with van der Waals surface area (Å²) in [6.45, 7) is -0.468. The van der Waals surface area contributed by atoms with Crippen molar-refractivity contribution in [2.75, 3.05) is 18.2 Å². The quantitative estimate of drug-likeness (QED) is 0.309. The Kier molecular flexibility index (Phi) is 6.28. The molecule has 0 aliphatic rings. The van der Waals surface area contributed by atoms with E-state index in [0.717, 1.165) is 11.3 Å². The van der Waals surface area contributed by atoms with Gasteiger partial charge >= 0.3 is 6.03 Å². The summed E-state index contributed by atoms with van der Waals surface area (Å²) in [7, 11) is 3.12. The highest BCUT2D eigenvalue weighted by atomic mass is 16.5. The minimum Gasteiger partial charge on any atom is -0.481 e. The zero-order chi connectivity index (χ0) is 21.7. The Morgan fingerprint density at radius 1 is 1.33 bits per heavy atom. The molecule has 1 aromatic carbocycles. The molecule has 2 heterocycles. The standard InChI is InChI=1S/C20H23N7O3/c1-27-15(8-9-23-27)18(12-6-4-3-5-7-12)26-20(29)25-16-10-13(21)17(19(22)30-2)14(11-28)24-16/h3-10,18,22,28H,11H2,1-2H3,(H4,21,24,25,26,29)/t18-/m0/s1. The van der Waals surface area contributed by atoms with E-state index < -0.39 is 18.7 Å². The molecule has 156 valence electrons. The van der Waals surface area contributed by atoms with Crippen molar-refractivity contribution in [1.82, 2.24) is 20.1 Å². The number of nitrogen functional groups attached to an aromatic ring is 1. The van der Waals surface area contributed by atoms with Crippen molar-refractivity contribution in [2.45, 2.75) is 12.6 Å². The number of amides is 2. The van der Waals surface area contributed by atoms with Gasteiger partial charge in [-0.1, -0.05) is 30.3 Å². The summed E-state index contributed by atoms with van der Waals surface area (Å²) in [5.74, 6) is -0.0843. The van der Waals surface area contributed by atoms with Crippen molar-refractivity contribution in [2.24, 2.45) is 7.05 Å². The topological polar surface area (TPSA) is 151 Å². The number of carbonyl (C=O) groups excluding carboxylic acids is 1. The third kappa shape index (κ3) is 4.39. The smallest absolute Gasteiger partial charge is 0.321 e. The molecule has 10 nitrogen and oxygen atoms in total. The number of rotatable bonds is 6. The molecular formula is C20H23N7O3. The first kappa shape index (κ1) is 20.8. The molecule has 0 radical (unpaired) electrons. The normalized spacial score (nSPS) is 11.6. The van der Waals surface area contributed by atoms with E-state index in [1.807, 2.05) is 36.4 Å². The molecule has 3 aromatic rings. The van der Waals surface area contributed by atoms with E-state index in [9.17, 15) is 9.90 Å². The van der Waals surface area contributed by atoms with Crippen molar-refractivity contribution in [3.63, 3.8) is 0 Å². The molecule has 0 aliphatic heterocycles. The van der Waals surface area contributed by atoms with Crippen LogP contribution in [0.1, 0.15) is 28.6 Å².